The summed E-state index contributed by atoms with van der Waals surface area (Å²) in [5, 5.41) is 24.3. The lowest BCUT2D eigenvalue weighted by Crippen LogP contribution is -2.24. The van der Waals surface area contributed by atoms with Crippen LogP contribution in [0.15, 0.2) is 12.5 Å². The van der Waals surface area contributed by atoms with E-state index < -0.39 is 11.9 Å². The number of nitrogens with one attached hydrogen (secondary N) is 2. The predicted molar refractivity (Wildman–Crippen MR) is 55.2 cm³/mol. The molecule has 94 valence electrons. The average Bonchev–Trinajstić information content (AvgIpc) is 2.95. The van der Waals surface area contributed by atoms with Gasteiger partial charge in [0.15, 0.2) is 0 Å². The van der Waals surface area contributed by atoms with Crippen LogP contribution in [0.5, 0.6) is 0 Å². The summed E-state index contributed by atoms with van der Waals surface area (Å²) < 4.78 is 1.16. The van der Waals surface area contributed by atoms with E-state index in [4.69, 9.17) is 5.11 Å². The first-order valence-corrected chi connectivity index (χ1v) is 4.89. The van der Waals surface area contributed by atoms with Crippen LogP contribution in [-0.4, -0.2) is 47.2 Å². The first-order valence-electron chi connectivity index (χ1n) is 4.89. The highest BCUT2D eigenvalue weighted by Crippen LogP contribution is 1.94. The van der Waals surface area contributed by atoms with E-state index in [1.807, 2.05) is 0 Å². The minimum absolute atomic E-state index is 0.0907. The molecular weight excluding hydrogens is 242 g/mol. The van der Waals surface area contributed by atoms with E-state index in [-0.39, 0.29) is 18.9 Å². The molecule has 0 aromatic carbocycles. The lowest BCUT2D eigenvalue weighted by atomic mass is 10.4. The van der Waals surface area contributed by atoms with E-state index in [9.17, 15) is 9.59 Å². The summed E-state index contributed by atoms with van der Waals surface area (Å²) in [4.78, 5) is 25.6. The number of aliphatic carboxylic acids is 1. The summed E-state index contributed by atoms with van der Waals surface area (Å²) in [7, 11) is 0. The molecule has 0 fully saturated rings. The van der Waals surface area contributed by atoms with Crippen LogP contribution in [-0.2, 0) is 17.9 Å². The number of amides is 1. The maximum atomic E-state index is 11.5. The molecule has 0 aliphatic carbocycles. The SMILES string of the molecule is O=C(O)Cn1cc(CNC(=O)c2ncn[nH]2)nn1. The van der Waals surface area contributed by atoms with Gasteiger partial charge in [-0.1, -0.05) is 5.21 Å². The zero-order valence-corrected chi connectivity index (χ0v) is 9.07. The van der Waals surface area contributed by atoms with E-state index in [0.717, 1.165) is 4.68 Å². The second kappa shape index (κ2) is 5.03. The number of carbonyl (C=O) groups excluding carboxylic acids is 1. The number of aromatic nitrogens is 6. The van der Waals surface area contributed by atoms with Gasteiger partial charge in [-0.15, -0.1) is 5.10 Å². The van der Waals surface area contributed by atoms with E-state index in [1.165, 1.54) is 12.5 Å². The lowest BCUT2D eigenvalue weighted by Gasteiger charge is -1.98. The number of carboxylic acids is 1. The van der Waals surface area contributed by atoms with Crippen molar-refractivity contribution in [2.45, 2.75) is 13.1 Å². The van der Waals surface area contributed by atoms with Crippen LogP contribution in [0, 0.1) is 0 Å². The fourth-order valence-electron chi connectivity index (χ4n) is 1.20. The summed E-state index contributed by atoms with van der Waals surface area (Å²) in [5.74, 6) is -1.36. The van der Waals surface area contributed by atoms with E-state index in [0.29, 0.717) is 5.69 Å². The van der Waals surface area contributed by atoms with Crippen LogP contribution in [0.3, 0.4) is 0 Å². The highest BCUT2D eigenvalue weighted by Gasteiger charge is 2.09. The van der Waals surface area contributed by atoms with Crippen molar-refractivity contribution in [1.82, 2.24) is 35.5 Å². The number of nitrogens with zero attached hydrogens (tertiary/aromatic N) is 5. The minimum Gasteiger partial charge on any atom is -0.480 e. The Kier molecular flexibility index (Phi) is 3.27. The Balaban J connectivity index is 1.88. The Morgan fingerprint density at radius 2 is 2.33 bits per heavy atom. The van der Waals surface area contributed by atoms with Crippen molar-refractivity contribution >= 4 is 11.9 Å². The first-order chi connectivity index (χ1) is 8.65. The number of hydrogen-bond acceptors (Lipinski definition) is 6. The molecule has 2 aromatic heterocycles. The van der Waals surface area contributed by atoms with Gasteiger partial charge in [0.25, 0.3) is 5.91 Å². The summed E-state index contributed by atoms with van der Waals surface area (Å²) in [6.07, 6.45) is 2.66. The van der Waals surface area contributed by atoms with Crippen molar-refractivity contribution < 1.29 is 14.7 Å². The normalized spacial score (nSPS) is 10.2. The monoisotopic (exact) mass is 251 g/mol. The maximum Gasteiger partial charge on any atom is 0.325 e. The molecule has 2 heterocycles. The van der Waals surface area contributed by atoms with Crippen LogP contribution in [0.2, 0.25) is 0 Å². The number of aromatic amines is 1. The van der Waals surface area contributed by atoms with Crippen LogP contribution >= 0.6 is 0 Å². The number of H-pyrrole nitrogens is 1. The molecule has 1 amide bonds. The Hall–Kier alpha value is -2.78. The molecule has 2 aromatic rings. The standard InChI is InChI=1S/C8H9N7O3/c16-6(17)3-15-2-5(12-14-15)1-9-8(18)7-10-4-11-13-7/h2,4H,1,3H2,(H,9,18)(H,16,17)(H,10,11,13). The van der Waals surface area contributed by atoms with Gasteiger partial charge >= 0.3 is 5.97 Å². The third-order valence-corrected chi connectivity index (χ3v) is 1.94. The van der Waals surface area contributed by atoms with Crippen molar-refractivity contribution in [3.63, 3.8) is 0 Å². The maximum absolute atomic E-state index is 11.5. The number of carboxylic acid groups (broad SMARTS) is 1. The summed E-state index contributed by atoms with van der Waals surface area (Å²) >= 11 is 0. The first kappa shape index (κ1) is 11.7. The second-order valence-corrected chi connectivity index (χ2v) is 3.32. The minimum atomic E-state index is -1.02. The molecule has 0 saturated heterocycles. The summed E-state index contributed by atoms with van der Waals surface area (Å²) in [6.45, 7) is -0.151. The van der Waals surface area contributed by atoms with Crippen molar-refractivity contribution in [2.24, 2.45) is 0 Å². The largest absolute Gasteiger partial charge is 0.480 e. The molecule has 3 N–H and O–H groups in total. The van der Waals surface area contributed by atoms with Gasteiger partial charge < -0.3 is 10.4 Å². The molecule has 10 nitrogen and oxygen atoms in total. The van der Waals surface area contributed by atoms with Crippen molar-refractivity contribution in [3.8, 4) is 0 Å². The smallest absolute Gasteiger partial charge is 0.325 e. The topological polar surface area (TPSA) is 139 Å². The fourth-order valence-corrected chi connectivity index (χ4v) is 1.20. The molecule has 0 aliphatic rings. The van der Waals surface area contributed by atoms with Crippen molar-refractivity contribution in [1.29, 1.82) is 0 Å². The Morgan fingerprint density at radius 3 is 3.00 bits per heavy atom. The van der Waals surface area contributed by atoms with Crippen LogP contribution in [0.1, 0.15) is 16.3 Å². The summed E-state index contributed by atoms with van der Waals surface area (Å²) in [6, 6.07) is 0. The van der Waals surface area contributed by atoms with Gasteiger partial charge in [-0.05, 0) is 0 Å². The molecule has 2 rings (SSSR count). The summed E-state index contributed by atoms with van der Waals surface area (Å²) in [5.41, 5.74) is 0.448. The third kappa shape index (κ3) is 2.87. The van der Waals surface area contributed by atoms with E-state index >= 15 is 0 Å². The Bertz CT molecular complexity index is 547. The molecule has 10 heteroatoms. The zero-order chi connectivity index (χ0) is 13.0. The quantitative estimate of drug-likeness (QED) is 0.582. The highest BCUT2D eigenvalue weighted by molar-refractivity contribution is 5.90. The predicted octanol–water partition coefficient (Wildman–Crippen LogP) is -1.59. The molecule has 0 atom stereocenters. The molecule has 0 spiro atoms. The third-order valence-electron chi connectivity index (χ3n) is 1.94. The molecule has 0 aliphatic heterocycles. The Morgan fingerprint density at radius 1 is 1.50 bits per heavy atom. The van der Waals surface area contributed by atoms with Crippen LogP contribution < -0.4 is 5.32 Å². The second-order valence-electron chi connectivity index (χ2n) is 3.32. The highest BCUT2D eigenvalue weighted by atomic mass is 16.4. The molecule has 0 saturated carbocycles. The van der Waals surface area contributed by atoms with Crippen molar-refractivity contribution in [3.05, 3.63) is 24.0 Å². The number of rotatable bonds is 5. The van der Waals surface area contributed by atoms with Gasteiger partial charge in [0, 0.05) is 0 Å². The van der Waals surface area contributed by atoms with E-state index in [2.05, 4.69) is 30.8 Å². The van der Waals surface area contributed by atoms with Gasteiger partial charge in [-0.3, -0.25) is 14.7 Å². The zero-order valence-electron chi connectivity index (χ0n) is 9.07. The van der Waals surface area contributed by atoms with Gasteiger partial charge in [0.05, 0.1) is 12.7 Å². The molecule has 0 radical (unpaired) electrons. The van der Waals surface area contributed by atoms with Gasteiger partial charge in [0.1, 0.15) is 18.6 Å². The number of carbonyl (C=O) groups is 2. The van der Waals surface area contributed by atoms with Gasteiger partial charge in [0.2, 0.25) is 5.82 Å². The van der Waals surface area contributed by atoms with E-state index in [1.54, 1.807) is 0 Å². The number of hydrogen-bond donors (Lipinski definition) is 3. The van der Waals surface area contributed by atoms with Crippen molar-refractivity contribution in [2.75, 3.05) is 0 Å². The molecular formula is C8H9N7O3. The Labute approximate surface area is 100 Å². The molecule has 18 heavy (non-hydrogen) atoms. The van der Waals surface area contributed by atoms with Gasteiger partial charge in [-0.25, -0.2) is 9.67 Å². The fraction of sp³-hybridized carbons (Fsp3) is 0.250. The molecule has 0 unspecified atom stereocenters. The van der Waals surface area contributed by atoms with Gasteiger partial charge in [-0.2, -0.15) is 5.10 Å². The van der Waals surface area contributed by atoms with Crippen LogP contribution in [0.4, 0.5) is 0 Å². The average molecular weight is 251 g/mol. The molecule has 0 bridgehead atoms. The van der Waals surface area contributed by atoms with Crippen LogP contribution in [0.25, 0.3) is 0 Å². The lowest BCUT2D eigenvalue weighted by molar-refractivity contribution is -0.137.